The van der Waals surface area contributed by atoms with Crippen LogP contribution in [-0.2, 0) is 28.6 Å². The van der Waals surface area contributed by atoms with E-state index >= 15 is 0 Å². The highest BCUT2D eigenvalue weighted by Crippen LogP contribution is 2.18. The summed E-state index contributed by atoms with van der Waals surface area (Å²) >= 11 is 0. The molecule has 6 nitrogen and oxygen atoms in total. The summed E-state index contributed by atoms with van der Waals surface area (Å²) in [7, 11) is 0. The molecule has 6 heteroatoms. The Hall–Kier alpha value is -1.59. The van der Waals surface area contributed by atoms with Gasteiger partial charge in [-0.2, -0.15) is 0 Å². The van der Waals surface area contributed by atoms with Gasteiger partial charge in [0, 0.05) is 19.3 Å². The first kappa shape index (κ1) is 59.4. The highest BCUT2D eigenvalue weighted by molar-refractivity contribution is 5.71. The summed E-state index contributed by atoms with van der Waals surface area (Å²) in [6, 6.07) is 0. The molecule has 0 aromatic rings. The average molecular weight is 863 g/mol. The smallest absolute Gasteiger partial charge is 0.306 e. The van der Waals surface area contributed by atoms with Crippen LogP contribution in [0.25, 0.3) is 0 Å². The first-order valence-electron chi connectivity index (χ1n) is 27.3. The third-order valence-electron chi connectivity index (χ3n) is 12.8. The van der Waals surface area contributed by atoms with Crippen molar-refractivity contribution < 1.29 is 28.6 Å². The SMILES string of the molecule is CCCCCCCCCCCCCCC(=O)OC[C@@H](COC(=O)CCCCCCCCC(C)CC)OC(=O)CCCCCCCCCCCCCCCCCCCCC(C)C. The molecule has 0 rings (SSSR count). The first-order valence-corrected chi connectivity index (χ1v) is 27.3. The molecule has 0 spiro atoms. The Bertz CT molecular complexity index is 933. The fourth-order valence-corrected chi connectivity index (χ4v) is 8.31. The predicted octanol–water partition coefficient (Wildman–Crippen LogP) is 17.7. The van der Waals surface area contributed by atoms with Crippen LogP contribution in [0.5, 0.6) is 0 Å². The zero-order valence-corrected chi connectivity index (χ0v) is 41.8. The normalized spacial score (nSPS) is 12.5. The summed E-state index contributed by atoms with van der Waals surface area (Å²) in [6.07, 6.45) is 49.5. The second-order valence-corrected chi connectivity index (χ2v) is 19.6. The van der Waals surface area contributed by atoms with E-state index in [0.29, 0.717) is 19.3 Å². The fraction of sp³-hybridized carbons (Fsp3) is 0.945. The highest BCUT2D eigenvalue weighted by Gasteiger charge is 2.19. The average Bonchev–Trinajstić information content (AvgIpc) is 3.24. The maximum absolute atomic E-state index is 12.8. The van der Waals surface area contributed by atoms with Crippen molar-refractivity contribution in [3.8, 4) is 0 Å². The molecule has 0 aliphatic carbocycles. The number of esters is 3. The molecule has 0 saturated carbocycles. The van der Waals surface area contributed by atoms with Crippen LogP contribution in [0.15, 0.2) is 0 Å². The lowest BCUT2D eigenvalue weighted by molar-refractivity contribution is -0.167. The molecular weight excluding hydrogens is 757 g/mol. The van der Waals surface area contributed by atoms with Gasteiger partial charge in [-0.05, 0) is 31.1 Å². The standard InChI is InChI=1S/C55H106O6/c1-6-8-9-10-11-12-13-23-26-29-35-40-45-53(56)59-48-52(49-60-54(57)46-41-36-32-31-34-39-44-51(5)7-2)61-55(58)47-42-37-30-27-24-21-19-17-15-14-16-18-20-22-25-28-33-38-43-50(3)4/h50-52H,6-49H2,1-5H3/t51?,52-/m0/s1. The van der Waals surface area contributed by atoms with Crippen molar-refractivity contribution in [2.24, 2.45) is 11.8 Å². The zero-order valence-electron chi connectivity index (χ0n) is 41.8. The molecule has 0 amide bonds. The van der Waals surface area contributed by atoms with E-state index in [1.54, 1.807) is 0 Å². The fourth-order valence-electron chi connectivity index (χ4n) is 8.31. The monoisotopic (exact) mass is 863 g/mol. The highest BCUT2D eigenvalue weighted by atomic mass is 16.6. The summed E-state index contributed by atoms with van der Waals surface area (Å²) < 4.78 is 16.8. The van der Waals surface area contributed by atoms with E-state index in [0.717, 1.165) is 69.6 Å². The van der Waals surface area contributed by atoms with Crippen molar-refractivity contribution in [3.63, 3.8) is 0 Å². The minimum atomic E-state index is -0.762. The van der Waals surface area contributed by atoms with Crippen LogP contribution in [0.2, 0.25) is 0 Å². The number of rotatable bonds is 49. The third kappa shape index (κ3) is 47.7. The van der Waals surface area contributed by atoms with Gasteiger partial charge in [0.2, 0.25) is 0 Å². The lowest BCUT2D eigenvalue weighted by Crippen LogP contribution is -2.30. The van der Waals surface area contributed by atoms with Crippen molar-refractivity contribution in [1.29, 1.82) is 0 Å². The van der Waals surface area contributed by atoms with Crippen molar-refractivity contribution >= 4 is 17.9 Å². The van der Waals surface area contributed by atoms with E-state index in [2.05, 4.69) is 34.6 Å². The van der Waals surface area contributed by atoms with Crippen LogP contribution >= 0.6 is 0 Å². The predicted molar refractivity (Wildman–Crippen MR) is 261 cm³/mol. The number of ether oxygens (including phenoxy) is 3. The number of carbonyl (C=O) groups excluding carboxylic acids is 3. The van der Waals surface area contributed by atoms with Gasteiger partial charge in [0.25, 0.3) is 0 Å². The molecule has 0 N–H and O–H groups in total. The van der Waals surface area contributed by atoms with Crippen LogP contribution in [-0.4, -0.2) is 37.2 Å². The van der Waals surface area contributed by atoms with Gasteiger partial charge in [-0.1, -0.05) is 266 Å². The van der Waals surface area contributed by atoms with Gasteiger partial charge >= 0.3 is 17.9 Å². The molecule has 0 aromatic heterocycles. The molecule has 0 bridgehead atoms. The summed E-state index contributed by atoms with van der Waals surface area (Å²) in [6.45, 7) is 11.4. The summed E-state index contributed by atoms with van der Waals surface area (Å²) in [4.78, 5) is 37.9. The number of unbranched alkanes of at least 4 members (excludes halogenated alkanes) is 33. The molecule has 0 aliphatic heterocycles. The molecule has 61 heavy (non-hydrogen) atoms. The molecule has 0 fully saturated rings. The summed E-state index contributed by atoms with van der Waals surface area (Å²) in [5.41, 5.74) is 0. The molecular formula is C55H106O6. The number of hydrogen-bond acceptors (Lipinski definition) is 6. The lowest BCUT2D eigenvalue weighted by atomic mass is 10.00. The van der Waals surface area contributed by atoms with E-state index in [1.807, 2.05) is 0 Å². The van der Waals surface area contributed by atoms with E-state index in [4.69, 9.17) is 14.2 Å². The molecule has 0 aliphatic rings. The summed E-state index contributed by atoms with van der Waals surface area (Å²) in [5, 5.41) is 0. The van der Waals surface area contributed by atoms with E-state index in [1.165, 1.54) is 193 Å². The van der Waals surface area contributed by atoms with Crippen molar-refractivity contribution in [2.45, 2.75) is 310 Å². The zero-order chi connectivity index (χ0) is 44.7. The summed E-state index contributed by atoms with van der Waals surface area (Å²) in [5.74, 6) is 0.824. The van der Waals surface area contributed by atoms with Crippen LogP contribution in [0.1, 0.15) is 304 Å². The van der Waals surface area contributed by atoms with E-state index < -0.39 is 6.10 Å². The van der Waals surface area contributed by atoms with Gasteiger partial charge in [-0.15, -0.1) is 0 Å². The van der Waals surface area contributed by atoms with Crippen LogP contribution in [0, 0.1) is 11.8 Å². The lowest BCUT2D eigenvalue weighted by Gasteiger charge is -2.18. The molecule has 1 unspecified atom stereocenters. The Balaban J connectivity index is 4.22. The van der Waals surface area contributed by atoms with Gasteiger partial charge in [0.15, 0.2) is 6.10 Å². The molecule has 0 heterocycles. The van der Waals surface area contributed by atoms with Crippen LogP contribution < -0.4 is 0 Å². The maximum Gasteiger partial charge on any atom is 0.306 e. The Morgan fingerprint density at radius 2 is 0.623 bits per heavy atom. The number of carbonyl (C=O) groups is 3. The Morgan fingerprint density at radius 3 is 0.934 bits per heavy atom. The first-order chi connectivity index (χ1) is 29.8. The molecule has 0 aromatic carbocycles. The van der Waals surface area contributed by atoms with E-state index in [9.17, 15) is 14.4 Å². The minimum absolute atomic E-state index is 0.0640. The van der Waals surface area contributed by atoms with Gasteiger partial charge in [-0.25, -0.2) is 0 Å². The second kappa shape index (κ2) is 47.9. The topological polar surface area (TPSA) is 78.9 Å². The Kier molecular flexibility index (Phi) is 46.6. The van der Waals surface area contributed by atoms with Gasteiger partial charge in [-0.3, -0.25) is 14.4 Å². The van der Waals surface area contributed by atoms with Gasteiger partial charge < -0.3 is 14.2 Å². The van der Waals surface area contributed by atoms with Crippen LogP contribution in [0.4, 0.5) is 0 Å². The van der Waals surface area contributed by atoms with E-state index in [-0.39, 0.29) is 31.1 Å². The van der Waals surface area contributed by atoms with Crippen molar-refractivity contribution in [1.82, 2.24) is 0 Å². The Labute approximate surface area is 380 Å². The number of hydrogen-bond donors (Lipinski definition) is 0. The quantitative estimate of drug-likeness (QED) is 0.0344. The molecule has 0 radical (unpaired) electrons. The van der Waals surface area contributed by atoms with Crippen molar-refractivity contribution in [3.05, 3.63) is 0 Å². The third-order valence-corrected chi connectivity index (χ3v) is 12.8. The van der Waals surface area contributed by atoms with Gasteiger partial charge in [0.05, 0.1) is 0 Å². The minimum Gasteiger partial charge on any atom is -0.462 e. The molecule has 2 atom stereocenters. The maximum atomic E-state index is 12.8. The second-order valence-electron chi connectivity index (χ2n) is 19.6. The molecule has 0 saturated heterocycles. The van der Waals surface area contributed by atoms with Crippen molar-refractivity contribution in [2.75, 3.05) is 13.2 Å². The Morgan fingerprint density at radius 1 is 0.344 bits per heavy atom. The van der Waals surface area contributed by atoms with Gasteiger partial charge in [0.1, 0.15) is 13.2 Å². The molecule has 362 valence electrons. The largest absolute Gasteiger partial charge is 0.462 e. The van der Waals surface area contributed by atoms with Crippen LogP contribution in [0.3, 0.4) is 0 Å².